The zero-order valence-electron chi connectivity index (χ0n) is 10.6. The molecule has 1 saturated heterocycles. The Morgan fingerprint density at radius 3 is 2.60 bits per heavy atom. The largest absolute Gasteiger partial charge is 0.306 e. The van der Waals surface area contributed by atoms with Gasteiger partial charge in [0, 0.05) is 25.0 Å². The van der Waals surface area contributed by atoms with Crippen LogP contribution in [0, 0.1) is 11.3 Å². The minimum Gasteiger partial charge on any atom is -0.306 e. The number of halogens is 1. The standard InChI is InChI=1S/C12H25BrN2/c1-12(2,9-13)10-15(4)8-11-5-6-14(3)7-11/h11H,5-10H2,1-4H3. The van der Waals surface area contributed by atoms with Gasteiger partial charge in [-0.15, -0.1) is 0 Å². The van der Waals surface area contributed by atoms with Gasteiger partial charge in [-0.05, 0) is 38.4 Å². The Kier molecular flexibility index (Phi) is 5.07. The molecule has 1 aliphatic rings. The third-order valence-electron chi connectivity index (χ3n) is 3.12. The fourth-order valence-corrected chi connectivity index (χ4v) is 2.63. The first kappa shape index (κ1) is 13.5. The zero-order chi connectivity index (χ0) is 11.5. The van der Waals surface area contributed by atoms with Gasteiger partial charge in [-0.25, -0.2) is 0 Å². The maximum atomic E-state index is 3.59. The van der Waals surface area contributed by atoms with Gasteiger partial charge >= 0.3 is 0 Å². The summed E-state index contributed by atoms with van der Waals surface area (Å²) in [5, 5.41) is 1.08. The zero-order valence-corrected chi connectivity index (χ0v) is 12.2. The van der Waals surface area contributed by atoms with Crippen LogP contribution in [0.25, 0.3) is 0 Å². The monoisotopic (exact) mass is 276 g/mol. The molecule has 1 atom stereocenters. The second kappa shape index (κ2) is 5.65. The predicted molar refractivity (Wildman–Crippen MR) is 70.7 cm³/mol. The summed E-state index contributed by atoms with van der Waals surface area (Å²) in [4.78, 5) is 4.93. The van der Waals surface area contributed by atoms with E-state index in [9.17, 15) is 0 Å². The summed E-state index contributed by atoms with van der Waals surface area (Å²) in [6, 6.07) is 0. The molecule has 0 aromatic heterocycles. The molecule has 15 heavy (non-hydrogen) atoms. The predicted octanol–water partition coefficient (Wildman–Crippen LogP) is 2.29. The molecule has 2 nitrogen and oxygen atoms in total. The van der Waals surface area contributed by atoms with E-state index in [1.54, 1.807) is 0 Å². The fraction of sp³-hybridized carbons (Fsp3) is 1.00. The van der Waals surface area contributed by atoms with Crippen LogP contribution in [0.15, 0.2) is 0 Å². The first-order chi connectivity index (χ1) is 6.93. The van der Waals surface area contributed by atoms with Crippen LogP contribution in [0.1, 0.15) is 20.3 Å². The van der Waals surface area contributed by atoms with Crippen molar-refractivity contribution in [2.24, 2.45) is 11.3 Å². The number of hydrogen-bond acceptors (Lipinski definition) is 2. The highest BCUT2D eigenvalue weighted by Gasteiger charge is 2.23. The molecule has 0 aliphatic carbocycles. The van der Waals surface area contributed by atoms with Gasteiger partial charge in [0.05, 0.1) is 0 Å². The lowest BCUT2D eigenvalue weighted by Crippen LogP contribution is -2.36. The molecular formula is C12H25BrN2. The van der Waals surface area contributed by atoms with Gasteiger partial charge in [-0.1, -0.05) is 29.8 Å². The average Bonchev–Trinajstić information content (AvgIpc) is 2.50. The van der Waals surface area contributed by atoms with E-state index in [-0.39, 0.29) is 0 Å². The average molecular weight is 277 g/mol. The van der Waals surface area contributed by atoms with Crippen molar-refractivity contribution < 1.29 is 0 Å². The molecule has 90 valence electrons. The molecule has 0 saturated carbocycles. The third-order valence-corrected chi connectivity index (χ3v) is 4.64. The van der Waals surface area contributed by atoms with E-state index in [1.807, 2.05) is 0 Å². The fourth-order valence-electron chi connectivity index (χ4n) is 2.45. The summed E-state index contributed by atoms with van der Waals surface area (Å²) in [7, 11) is 4.48. The highest BCUT2D eigenvalue weighted by atomic mass is 79.9. The van der Waals surface area contributed by atoms with Crippen LogP contribution in [0.4, 0.5) is 0 Å². The van der Waals surface area contributed by atoms with Crippen LogP contribution >= 0.6 is 15.9 Å². The maximum absolute atomic E-state index is 3.59. The molecule has 1 unspecified atom stereocenters. The molecule has 0 bridgehead atoms. The van der Waals surface area contributed by atoms with Gasteiger partial charge in [-0.3, -0.25) is 0 Å². The van der Waals surface area contributed by atoms with Crippen molar-refractivity contribution in [3.8, 4) is 0 Å². The molecule has 1 fully saturated rings. The van der Waals surface area contributed by atoms with Crippen molar-refractivity contribution in [2.75, 3.05) is 45.6 Å². The SMILES string of the molecule is CN1CCC(CN(C)CC(C)(C)CBr)C1. The van der Waals surface area contributed by atoms with Crippen molar-refractivity contribution in [3.05, 3.63) is 0 Å². The Labute approximate surface area is 103 Å². The lowest BCUT2D eigenvalue weighted by atomic mass is 9.95. The summed E-state index contributed by atoms with van der Waals surface area (Å²) in [6.07, 6.45) is 1.37. The molecule has 1 heterocycles. The molecule has 1 rings (SSSR count). The highest BCUT2D eigenvalue weighted by molar-refractivity contribution is 9.09. The number of hydrogen-bond donors (Lipinski definition) is 0. The van der Waals surface area contributed by atoms with E-state index in [2.05, 4.69) is 53.7 Å². The number of alkyl halides is 1. The van der Waals surface area contributed by atoms with E-state index in [1.165, 1.54) is 32.6 Å². The molecule has 1 aliphatic heterocycles. The van der Waals surface area contributed by atoms with Gasteiger partial charge < -0.3 is 9.80 Å². The van der Waals surface area contributed by atoms with Gasteiger partial charge in [0.15, 0.2) is 0 Å². The lowest BCUT2D eigenvalue weighted by Gasteiger charge is -2.30. The quantitative estimate of drug-likeness (QED) is 0.711. The number of nitrogens with zero attached hydrogens (tertiary/aromatic N) is 2. The third kappa shape index (κ3) is 4.83. The van der Waals surface area contributed by atoms with E-state index in [4.69, 9.17) is 0 Å². The molecule has 0 radical (unpaired) electrons. The van der Waals surface area contributed by atoms with Gasteiger partial charge in [0.1, 0.15) is 0 Å². The number of rotatable bonds is 5. The van der Waals surface area contributed by atoms with Crippen molar-refractivity contribution in [1.29, 1.82) is 0 Å². The van der Waals surface area contributed by atoms with Crippen LogP contribution in [0.5, 0.6) is 0 Å². The van der Waals surface area contributed by atoms with Gasteiger partial charge in [0.25, 0.3) is 0 Å². The van der Waals surface area contributed by atoms with Crippen molar-refractivity contribution in [3.63, 3.8) is 0 Å². The van der Waals surface area contributed by atoms with Gasteiger partial charge in [0.2, 0.25) is 0 Å². The summed E-state index contributed by atoms with van der Waals surface area (Å²) in [5.74, 6) is 0.881. The topological polar surface area (TPSA) is 6.48 Å². The Morgan fingerprint density at radius 1 is 1.47 bits per heavy atom. The van der Waals surface area contributed by atoms with Crippen LogP contribution < -0.4 is 0 Å². The first-order valence-corrected chi connectivity index (χ1v) is 6.98. The molecule has 0 aromatic carbocycles. The lowest BCUT2D eigenvalue weighted by molar-refractivity contribution is 0.204. The minimum atomic E-state index is 0.388. The van der Waals surface area contributed by atoms with Crippen LogP contribution in [0.3, 0.4) is 0 Å². The first-order valence-electron chi connectivity index (χ1n) is 5.86. The minimum absolute atomic E-state index is 0.388. The highest BCUT2D eigenvalue weighted by Crippen LogP contribution is 2.21. The summed E-state index contributed by atoms with van der Waals surface area (Å²) < 4.78 is 0. The second-order valence-electron chi connectivity index (χ2n) is 5.91. The van der Waals surface area contributed by atoms with Crippen molar-refractivity contribution >= 4 is 15.9 Å². The van der Waals surface area contributed by atoms with E-state index in [0.29, 0.717) is 5.41 Å². The van der Waals surface area contributed by atoms with Crippen molar-refractivity contribution in [2.45, 2.75) is 20.3 Å². The smallest absolute Gasteiger partial charge is 0.00949 e. The molecule has 0 amide bonds. The molecular weight excluding hydrogens is 252 g/mol. The normalized spacial score (nSPS) is 24.0. The van der Waals surface area contributed by atoms with E-state index >= 15 is 0 Å². The summed E-state index contributed by atoms with van der Waals surface area (Å²) in [5.41, 5.74) is 0.388. The maximum Gasteiger partial charge on any atom is 0.00949 e. The Morgan fingerprint density at radius 2 is 2.13 bits per heavy atom. The Balaban J connectivity index is 2.27. The Bertz CT molecular complexity index is 194. The second-order valence-corrected chi connectivity index (χ2v) is 6.47. The molecule has 0 N–H and O–H groups in total. The summed E-state index contributed by atoms with van der Waals surface area (Å²) in [6.45, 7) is 9.62. The molecule has 0 spiro atoms. The van der Waals surface area contributed by atoms with Crippen LogP contribution in [0.2, 0.25) is 0 Å². The molecule has 3 heteroatoms. The van der Waals surface area contributed by atoms with Gasteiger partial charge in [-0.2, -0.15) is 0 Å². The van der Waals surface area contributed by atoms with Crippen molar-refractivity contribution in [1.82, 2.24) is 9.80 Å². The van der Waals surface area contributed by atoms with Crippen LogP contribution in [-0.2, 0) is 0 Å². The Hall–Kier alpha value is 0.400. The van der Waals surface area contributed by atoms with Crippen LogP contribution in [-0.4, -0.2) is 55.4 Å². The van der Waals surface area contributed by atoms with E-state index < -0.39 is 0 Å². The molecule has 0 aromatic rings. The summed E-state index contributed by atoms with van der Waals surface area (Å²) >= 11 is 3.59. The number of likely N-dealkylation sites (tertiary alicyclic amines) is 1. The van der Waals surface area contributed by atoms with E-state index in [0.717, 1.165) is 11.2 Å².